The molecule has 1 fully saturated rings. The SMILES string of the molecule is CC(=CCOC[C@H]1O[C@@H](n2cnc3c(N)ncnc32)[C@H](O)[C@@H]1O)CO. The lowest BCUT2D eigenvalue weighted by Crippen LogP contribution is -2.33. The second kappa shape index (κ2) is 7.42. The Bertz CT molecular complexity index is 764. The second-order valence-electron chi connectivity index (χ2n) is 5.88. The Balaban J connectivity index is 1.70. The highest BCUT2D eigenvalue weighted by Gasteiger charge is 2.44. The van der Waals surface area contributed by atoms with Crippen molar-refractivity contribution >= 4 is 17.0 Å². The summed E-state index contributed by atoms with van der Waals surface area (Å²) < 4.78 is 12.7. The molecule has 1 aliphatic heterocycles. The number of fused-ring (bicyclic) bond motifs is 1. The highest BCUT2D eigenvalue weighted by atomic mass is 16.6. The molecule has 25 heavy (non-hydrogen) atoms. The Labute approximate surface area is 143 Å². The lowest BCUT2D eigenvalue weighted by Gasteiger charge is -2.16. The van der Waals surface area contributed by atoms with Crippen LogP contribution in [0.2, 0.25) is 0 Å². The maximum Gasteiger partial charge on any atom is 0.167 e. The molecule has 136 valence electrons. The van der Waals surface area contributed by atoms with Gasteiger partial charge in [-0.1, -0.05) is 6.08 Å². The number of anilines is 1. The Morgan fingerprint density at radius 1 is 1.36 bits per heavy atom. The molecule has 1 saturated heterocycles. The number of nitrogen functional groups attached to an aromatic ring is 1. The second-order valence-corrected chi connectivity index (χ2v) is 5.88. The minimum Gasteiger partial charge on any atom is -0.392 e. The summed E-state index contributed by atoms with van der Waals surface area (Å²) in [5.74, 6) is 0.225. The minimum atomic E-state index is -1.17. The summed E-state index contributed by atoms with van der Waals surface area (Å²) in [6.07, 6.45) is 0.605. The van der Waals surface area contributed by atoms with E-state index in [1.165, 1.54) is 17.2 Å². The molecule has 3 rings (SSSR count). The molecule has 2 aromatic rings. The van der Waals surface area contributed by atoms with E-state index in [4.69, 9.17) is 20.3 Å². The van der Waals surface area contributed by atoms with Gasteiger partial charge in [-0.25, -0.2) is 15.0 Å². The van der Waals surface area contributed by atoms with Crippen LogP contribution in [0, 0.1) is 0 Å². The molecule has 2 aromatic heterocycles. The average Bonchev–Trinajstić information content (AvgIpc) is 3.15. The molecule has 10 heteroatoms. The van der Waals surface area contributed by atoms with Crippen LogP contribution in [0.3, 0.4) is 0 Å². The van der Waals surface area contributed by atoms with Gasteiger partial charge < -0.3 is 30.5 Å². The van der Waals surface area contributed by atoms with Gasteiger partial charge in [0.25, 0.3) is 0 Å². The van der Waals surface area contributed by atoms with E-state index in [0.717, 1.165) is 5.57 Å². The van der Waals surface area contributed by atoms with Gasteiger partial charge in [0.15, 0.2) is 17.7 Å². The zero-order valence-corrected chi connectivity index (χ0v) is 13.7. The van der Waals surface area contributed by atoms with E-state index in [1.807, 2.05) is 0 Å². The highest BCUT2D eigenvalue weighted by Crippen LogP contribution is 2.32. The molecule has 0 aromatic carbocycles. The lowest BCUT2D eigenvalue weighted by molar-refractivity contribution is -0.0621. The Morgan fingerprint density at radius 2 is 2.16 bits per heavy atom. The molecule has 0 radical (unpaired) electrons. The van der Waals surface area contributed by atoms with Crippen LogP contribution >= 0.6 is 0 Å². The number of aliphatic hydroxyl groups excluding tert-OH is 3. The molecular weight excluding hydrogens is 330 g/mol. The van der Waals surface area contributed by atoms with Gasteiger partial charge in [0.1, 0.15) is 30.2 Å². The topological polar surface area (TPSA) is 149 Å². The first-order chi connectivity index (χ1) is 12.0. The first-order valence-corrected chi connectivity index (χ1v) is 7.81. The Morgan fingerprint density at radius 3 is 2.92 bits per heavy atom. The molecule has 0 aliphatic carbocycles. The third-order valence-corrected chi connectivity index (χ3v) is 4.08. The summed E-state index contributed by atoms with van der Waals surface area (Å²) in [6, 6.07) is 0. The number of hydrogen-bond acceptors (Lipinski definition) is 9. The summed E-state index contributed by atoms with van der Waals surface area (Å²) in [5.41, 5.74) is 7.35. The van der Waals surface area contributed by atoms with Gasteiger partial charge in [0.2, 0.25) is 0 Å². The number of hydrogen-bond donors (Lipinski definition) is 4. The van der Waals surface area contributed by atoms with Gasteiger partial charge in [-0.2, -0.15) is 0 Å². The fourth-order valence-electron chi connectivity index (χ4n) is 2.60. The summed E-state index contributed by atoms with van der Waals surface area (Å²) in [5, 5.41) is 29.4. The van der Waals surface area contributed by atoms with E-state index in [-0.39, 0.29) is 25.6 Å². The van der Waals surface area contributed by atoms with Gasteiger partial charge in [-0.05, 0) is 12.5 Å². The van der Waals surface area contributed by atoms with Gasteiger partial charge in [0.05, 0.1) is 26.1 Å². The van der Waals surface area contributed by atoms with Crippen molar-refractivity contribution < 1.29 is 24.8 Å². The van der Waals surface area contributed by atoms with E-state index in [9.17, 15) is 10.2 Å². The van der Waals surface area contributed by atoms with E-state index >= 15 is 0 Å². The standard InChI is InChI=1S/C15H21N5O5/c1-8(4-21)2-3-24-5-9-11(22)12(23)15(25-9)20-7-19-10-13(16)17-6-18-14(10)20/h2,6-7,9,11-12,15,21-23H,3-5H2,1H3,(H2,16,17,18)/t9-,11-,12-,15-/m1/s1. The van der Waals surface area contributed by atoms with E-state index in [2.05, 4.69) is 15.0 Å². The monoisotopic (exact) mass is 351 g/mol. The van der Waals surface area contributed by atoms with Crippen LogP contribution in [0.25, 0.3) is 11.2 Å². The van der Waals surface area contributed by atoms with Crippen LogP contribution in [-0.2, 0) is 9.47 Å². The van der Waals surface area contributed by atoms with E-state index < -0.39 is 24.5 Å². The molecule has 10 nitrogen and oxygen atoms in total. The Kier molecular flexibility index (Phi) is 5.25. The third-order valence-electron chi connectivity index (χ3n) is 4.08. The van der Waals surface area contributed by atoms with Crippen molar-refractivity contribution in [3.05, 3.63) is 24.3 Å². The molecule has 1 aliphatic rings. The number of ether oxygens (including phenoxy) is 2. The number of imidazole rings is 1. The van der Waals surface area contributed by atoms with Crippen molar-refractivity contribution in [2.45, 2.75) is 31.5 Å². The van der Waals surface area contributed by atoms with Crippen LogP contribution in [0.5, 0.6) is 0 Å². The number of rotatable bonds is 6. The van der Waals surface area contributed by atoms with E-state index in [1.54, 1.807) is 13.0 Å². The number of aliphatic hydroxyl groups is 3. The zero-order chi connectivity index (χ0) is 18.0. The normalized spacial score (nSPS) is 27.3. The largest absolute Gasteiger partial charge is 0.392 e. The third kappa shape index (κ3) is 3.48. The fourth-order valence-corrected chi connectivity index (χ4v) is 2.60. The van der Waals surface area contributed by atoms with Crippen LogP contribution < -0.4 is 5.73 Å². The summed E-state index contributed by atoms with van der Waals surface area (Å²) in [7, 11) is 0. The lowest BCUT2D eigenvalue weighted by atomic mass is 10.1. The highest BCUT2D eigenvalue weighted by molar-refractivity contribution is 5.81. The van der Waals surface area contributed by atoms with Gasteiger partial charge in [-0.15, -0.1) is 0 Å². The number of nitrogens with zero attached hydrogens (tertiary/aromatic N) is 4. The van der Waals surface area contributed by atoms with Crippen LogP contribution in [0.4, 0.5) is 5.82 Å². The average molecular weight is 351 g/mol. The summed E-state index contributed by atoms with van der Waals surface area (Å²) >= 11 is 0. The van der Waals surface area contributed by atoms with Gasteiger partial charge in [-0.3, -0.25) is 4.57 Å². The van der Waals surface area contributed by atoms with Crippen molar-refractivity contribution in [1.29, 1.82) is 0 Å². The van der Waals surface area contributed by atoms with Gasteiger partial charge in [0, 0.05) is 0 Å². The van der Waals surface area contributed by atoms with Crippen molar-refractivity contribution in [2.24, 2.45) is 0 Å². The number of nitrogens with two attached hydrogens (primary N) is 1. The molecule has 0 spiro atoms. The molecule has 3 heterocycles. The van der Waals surface area contributed by atoms with Crippen LogP contribution in [0.1, 0.15) is 13.2 Å². The van der Waals surface area contributed by atoms with Crippen molar-refractivity contribution in [2.75, 3.05) is 25.6 Å². The number of aromatic nitrogens is 4. The molecule has 0 amide bonds. The quantitative estimate of drug-likeness (QED) is 0.379. The first-order valence-electron chi connectivity index (χ1n) is 7.81. The maximum atomic E-state index is 10.3. The van der Waals surface area contributed by atoms with Gasteiger partial charge >= 0.3 is 0 Å². The van der Waals surface area contributed by atoms with Crippen LogP contribution in [0.15, 0.2) is 24.3 Å². The first kappa shape index (κ1) is 17.7. The smallest absolute Gasteiger partial charge is 0.167 e. The molecular formula is C15H21N5O5. The summed E-state index contributed by atoms with van der Waals surface area (Å²) in [6.45, 7) is 2.11. The molecule has 5 N–H and O–H groups in total. The predicted molar refractivity (Wildman–Crippen MR) is 87.3 cm³/mol. The Hall–Kier alpha value is -2.11. The van der Waals surface area contributed by atoms with Crippen molar-refractivity contribution in [3.63, 3.8) is 0 Å². The molecule has 0 bridgehead atoms. The molecule has 0 saturated carbocycles. The van der Waals surface area contributed by atoms with Crippen LogP contribution in [-0.4, -0.2) is 73.0 Å². The summed E-state index contributed by atoms with van der Waals surface area (Å²) in [4.78, 5) is 12.1. The zero-order valence-electron chi connectivity index (χ0n) is 13.7. The molecule has 4 atom stereocenters. The van der Waals surface area contributed by atoms with Crippen molar-refractivity contribution in [1.82, 2.24) is 19.5 Å². The van der Waals surface area contributed by atoms with E-state index in [0.29, 0.717) is 11.2 Å². The maximum absolute atomic E-state index is 10.3. The minimum absolute atomic E-state index is 0.0363. The fraction of sp³-hybridized carbons (Fsp3) is 0.533. The predicted octanol–water partition coefficient (Wildman–Crippen LogP) is -1.02. The molecule has 0 unspecified atom stereocenters. The van der Waals surface area contributed by atoms with Crippen molar-refractivity contribution in [3.8, 4) is 0 Å².